The first kappa shape index (κ1) is 12.2. The van der Waals surface area contributed by atoms with Crippen LogP contribution >= 0.6 is 22.6 Å². The average Bonchev–Trinajstić information content (AvgIpc) is 2.30. The third-order valence-electron chi connectivity index (χ3n) is 2.31. The molecule has 0 aliphatic rings. The molecule has 0 aromatic heterocycles. The minimum Gasteiger partial charge on any atom is -0.487 e. The molecule has 0 bridgehead atoms. The molecule has 0 atom stereocenters. The Balaban J connectivity index is 2.10. The predicted octanol–water partition coefficient (Wildman–Crippen LogP) is 3.59. The smallest absolute Gasteiger partial charge is 0.142 e. The fourth-order valence-corrected chi connectivity index (χ4v) is 1.94. The second kappa shape index (κ2) is 5.35. The van der Waals surface area contributed by atoms with Crippen LogP contribution in [0.3, 0.4) is 0 Å². The summed E-state index contributed by atoms with van der Waals surface area (Å²) in [6, 6.07) is 12.0. The second-order valence-electron chi connectivity index (χ2n) is 3.56. The molecule has 0 saturated heterocycles. The van der Waals surface area contributed by atoms with Crippen molar-refractivity contribution in [2.24, 2.45) is 0 Å². The van der Waals surface area contributed by atoms with Crippen molar-refractivity contribution in [3.05, 3.63) is 57.4 Å². The number of hydrogen-bond acceptors (Lipinski definition) is 2. The summed E-state index contributed by atoms with van der Waals surface area (Å²) in [4.78, 5) is 0. The Morgan fingerprint density at radius 1 is 1.18 bits per heavy atom. The summed E-state index contributed by atoms with van der Waals surface area (Å²) in [5, 5.41) is 0. The maximum atomic E-state index is 13.3. The normalized spacial score (nSPS) is 10.2. The van der Waals surface area contributed by atoms with Gasteiger partial charge < -0.3 is 10.5 Å². The SMILES string of the molecule is Nc1cc(I)ccc1OCc1ccccc1F. The van der Waals surface area contributed by atoms with E-state index in [1.54, 1.807) is 24.3 Å². The molecule has 0 amide bonds. The number of benzene rings is 2. The minimum absolute atomic E-state index is 0.178. The van der Waals surface area contributed by atoms with E-state index >= 15 is 0 Å². The van der Waals surface area contributed by atoms with Gasteiger partial charge in [0.05, 0.1) is 5.69 Å². The molecule has 0 aliphatic heterocycles. The van der Waals surface area contributed by atoms with E-state index in [4.69, 9.17) is 10.5 Å². The van der Waals surface area contributed by atoms with Crippen LogP contribution in [-0.4, -0.2) is 0 Å². The second-order valence-corrected chi connectivity index (χ2v) is 4.81. The molecule has 2 N–H and O–H groups in total. The van der Waals surface area contributed by atoms with E-state index < -0.39 is 0 Å². The Morgan fingerprint density at radius 2 is 1.94 bits per heavy atom. The van der Waals surface area contributed by atoms with E-state index in [9.17, 15) is 4.39 Å². The van der Waals surface area contributed by atoms with E-state index in [1.807, 2.05) is 12.1 Å². The monoisotopic (exact) mass is 343 g/mol. The Morgan fingerprint density at radius 3 is 2.65 bits per heavy atom. The van der Waals surface area contributed by atoms with Gasteiger partial charge in [-0.05, 0) is 46.9 Å². The molecule has 0 saturated carbocycles. The van der Waals surface area contributed by atoms with Crippen molar-refractivity contribution in [3.8, 4) is 5.75 Å². The molecule has 2 nitrogen and oxygen atoms in total. The topological polar surface area (TPSA) is 35.2 Å². The van der Waals surface area contributed by atoms with Crippen molar-refractivity contribution < 1.29 is 9.13 Å². The van der Waals surface area contributed by atoms with E-state index in [0.29, 0.717) is 17.0 Å². The van der Waals surface area contributed by atoms with Gasteiger partial charge in [-0.25, -0.2) is 4.39 Å². The first-order valence-electron chi connectivity index (χ1n) is 5.08. The summed E-state index contributed by atoms with van der Waals surface area (Å²) < 4.78 is 19.9. The first-order chi connectivity index (χ1) is 8.16. The fraction of sp³-hybridized carbons (Fsp3) is 0.0769. The number of rotatable bonds is 3. The lowest BCUT2D eigenvalue weighted by Crippen LogP contribution is -2.00. The molecule has 0 heterocycles. The van der Waals surface area contributed by atoms with Crippen LogP contribution in [0.4, 0.5) is 10.1 Å². The van der Waals surface area contributed by atoms with Crippen LogP contribution in [0.15, 0.2) is 42.5 Å². The van der Waals surface area contributed by atoms with Crippen molar-refractivity contribution in [1.82, 2.24) is 0 Å². The van der Waals surface area contributed by atoms with E-state index in [-0.39, 0.29) is 12.4 Å². The quantitative estimate of drug-likeness (QED) is 0.683. The highest BCUT2D eigenvalue weighted by atomic mass is 127. The fourth-order valence-electron chi connectivity index (χ4n) is 1.42. The average molecular weight is 343 g/mol. The van der Waals surface area contributed by atoms with Crippen molar-refractivity contribution in [2.75, 3.05) is 5.73 Å². The maximum Gasteiger partial charge on any atom is 0.142 e. The summed E-state index contributed by atoms with van der Waals surface area (Å²) in [5.41, 5.74) is 6.88. The molecule has 2 aromatic rings. The van der Waals surface area contributed by atoms with Crippen LogP contribution in [0.25, 0.3) is 0 Å². The lowest BCUT2D eigenvalue weighted by atomic mass is 10.2. The standard InChI is InChI=1S/C13H11FINO/c14-11-4-2-1-3-9(11)8-17-13-6-5-10(15)7-12(13)16/h1-7H,8,16H2. The Hall–Kier alpha value is -1.30. The van der Waals surface area contributed by atoms with Crippen LogP contribution < -0.4 is 10.5 Å². The first-order valence-corrected chi connectivity index (χ1v) is 6.16. The molecule has 0 fully saturated rings. The molecule has 17 heavy (non-hydrogen) atoms. The molecule has 0 spiro atoms. The minimum atomic E-state index is -0.267. The number of nitrogens with two attached hydrogens (primary N) is 1. The summed E-state index contributed by atoms with van der Waals surface area (Å²) in [7, 11) is 0. The third kappa shape index (κ3) is 3.09. The summed E-state index contributed by atoms with van der Waals surface area (Å²) in [6.07, 6.45) is 0. The lowest BCUT2D eigenvalue weighted by molar-refractivity contribution is 0.301. The third-order valence-corrected chi connectivity index (χ3v) is 2.98. The largest absolute Gasteiger partial charge is 0.487 e. The molecule has 0 unspecified atom stereocenters. The van der Waals surface area contributed by atoms with Crippen LogP contribution in [0, 0.1) is 9.39 Å². The Kier molecular flexibility index (Phi) is 3.83. The Labute approximate surface area is 113 Å². The summed E-state index contributed by atoms with van der Waals surface area (Å²) >= 11 is 2.17. The molecule has 2 aromatic carbocycles. The molecule has 88 valence electrons. The molecular weight excluding hydrogens is 332 g/mol. The van der Waals surface area contributed by atoms with Gasteiger partial charge in [-0.1, -0.05) is 18.2 Å². The maximum absolute atomic E-state index is 13.3. The molecule has 4 heteroatoms. The highest BCUT2D eigenvalue weighted by Crippen LogP contribution is 2.24. The predicted molar refractivity (Wildman–Crippen MR) is 74.3 cm³/mol. The van der Waals surface area contributed by atoms with Gasteiger partial charge in [0.15, 0.2) is 0 Å². The van der Waals surface area contributed by atoms with Gasteiger partial charge in [-0.3, -0.25) is 0 Å². The zero-order valence-electron chi connectivity index (χ0n) is 8.99. The van der Waals surface area contributed by atoms with Crippen molar-refractivity contribution in [2.45, 2.75) is 6.61 Å². The van der Waals surface area contributed by atoms with Gasteiger partial charge in [-0.15, -0.1) is 0 Å². The van der Waals surface area contributed by atoms with Gasteiger partial charge in [0.1, 0.15) is 18.2 Å². The van der Waals surface area contributed by atoms with E-state index in [0.717, 1.165) is 3.57 Å². The lowest BCUT2D eigenvalue weighted by Gasteiger charge is -2.09. The zero-order chi connectivity index (χ0) is 12.3. The number of halogens is 2. The zero-order valence-corrected chi connectivity index (χ0v) is 11.1. The highest BCUT2D eigenvalue weighted by Gasteiger charge is 2.04. The van der Waals surface area contributed by atoms with Gasteiger partial charge in [0.2, 0.25) is 0 Å². The number of hydrogen-bond donors (Lipinski definition) is 1. The van der Waals surface area contributed by atoms with Crippen LogP contribution in [0.5, 0.6) is 5.75 Å². The van der Waals surface area contributed by atoms with Crippen molar-refractivity contribution >= 4 is 28.3 Å². The molecule has 0 radical (unpaired) electrons. The number of nitrogen functional groups attached to an aromatic ring is 1. The number of ether oxygens (including phenoxy) is 1. The van der Waals surface area contributed by atoms with Crippen LogP contribution in [-0.2, 0) is 6.61 Å². The summed E-state index contributed by atoms with van der Waals surface area (Å²) in [6.45, 7) is 0.178. The van der Waals surface area contributed by atoms with Crippen molar-refractivity contribution in [3.63, 3.8) is 0 Å². The van der Waals surface area contributed by atoms with Crippen molar-refractivity contribution in [1.29, 1.82) is 0 Å². The number of anilines is 1. The van der Waals surface area contributed by atoms with E-state index in [1.165, 1.54) is 6.07 Å². The summed E-state index contributed by atoms with van der Waals surface area (Å²) in [5.74, 6) is 0.310. The van der Waals surface area contributed by atoms with Gasteiger partial charge in [0, 0.05) is 9.13 Å². The van der Waals surface area contributed by atoms with Gasteiger partial charge >= 0.3 is 0 Å². The molecule has 0 aliphatic carbocycles. The highest BCUT2D eigenvalue weighted by molar-refractivity contribution is 14.1. The molecular formula is C13H11FINO. The van der Waals surface area contributed by atoms with Gasteiger partial charge in [-0.2, -0.15) is 0 Å². The van der Waals surface area contributed by atoms with Gasteiger partial charge in [0.25, 0.3) is 0 Å². The van der Waals surface area contributed by atoms with Crippen LogP contribution in [0.1, 0.15) is 5.56 Å². The molecule has 2 rings (SSSR count). The van der Waals surface area contributed by atoms with Crippen LogP contribution in [0.2, 0.25) is 0 Å². The van der Waals surface area contributed by atoms with E-state index in [2.05, 4.69) is 22.6 Å². The Bertz CT molecular complexity index is 531.